The van der Waals surface area contributed by atoms with Gasteiger partial charge in [0.15, 0.2) is 5.13 Å². The third-order valence-electron chi connectivity index (χ3n) is 3.17. The Morgan fingerprint density at radius 2 is 2.24 bits per heavy atom. The van der Waals surface area contributed by atoms with Crippen molar-refractivity contribution in [3.63, 3.8) is 0 Å². The van der Waals surface area contributed by atoms with E-state index in [4.69, 9.17) is 0 Å². The van der Waals surface area contributed by atoms with Crippen LogP contribution in [0.2, 0.25) is 0 Å². The molecule has 1 aromatic carbocycles. The van der Waals surface area contributed by atoms with Crippen molar-refractivity contribution in [2.24, 2.45) is 0 Å². The number of rotatable bonds is 3. The molecule has 1 aromatic heterocycles. The highest BCUT2D eigenvalue weighted by molar-refractivity contribution is 7.15. The van der Waals surface area contributed by atoms with Crippen molar-refractivity contribution >= 4 is 28.1 Å². The molecule has 1 aliphatic heterocycles. The number of anilines is 1. The molecule has 2 heterocycles. The van der Waals surface area contributed by atoms with Gasteiger partial charge in [-0.3, -0.25) is 20.2 Å². The van der Waals surface area contributed by atoms with Gasteiger partial charge in [-0.05, 0) is 6.07 Å². The molecular weight excluding hydrogens is 292 g/mol. The van der Waals surface area contributed by atoms with E-state index in [1.54, 1.807) is 6.07 Å². The van der Waals surface area contributed by atoms with E-state index < -0.39 is 10.8 Å². The van der Waals surface area contributed by atoms with Crippen LogP contribution in [0.5, 0.6) is 0 Å². The molecule has 0 atom stereocenters. The molecule has 0 unspecified atom stereocenters. The van der Waals surface area contributed by atoms with Crippen molar-refractivity contribution in [3.8, 4) is 0 Å². The Labute approximate surface area is 124 Å². The van der Waals surface area contributed by atoms with Crippen molar-refractivity contribution in [1.29, 1.82) is 0 Å². The summed E-state index contributed by atoms with van der Waals surface area (Å²) >= 11 is 1.40. The lowest BCUT2D eigenvalue weighted by Gasteiger charge is -2.09. The molecular formula is C13H12N4O3S. The van der Waals surface area contributed by atoms with Gasteiger partial charge < -0.3 is 5.32 Å². The summed E-state index contributed by atoms with van der Waals surface area (Å²) in [5.74, 6) is -0.513. The minimum absolute atomic E-state index is 0.0359. The third kappa shape index (κ3) is 2.76. The minimum Gasteiger partial charge on any atom is -0.311 e. The van der Waals surface area contributed by atoms with E-state index in [0.29, 0.717) is 5.13 Å². The number of nitrogens with one attached hydrogen (secondary N) is 2. The van der Waals surface area contributed by atoms with Gasteiger partial charge in [-0.25, -0.2) is 4.98 Å². The summed E-state index contributed by atoms with van der Waals surface area (Å²) in [5, 5.41) is 17.3. The molecule has 0 saturated heterocycles. The average molecular weight is 304 g/mol. The van der Waals surface area contributed by atoms with Crippen molar-refractivity contribution in [1.82, 2.24) is 10.3 Å². The Kier molecular flexibility index (Phi) is 3.63. The van der Waals surface area contributed by atoms with Crippen molar-refractivity contribution in [2.45, 2.75) is 13.0 Å². The second-order valence-corrected chi connectivity index (χ2v) is 5.63. The van der Waals surface area contributed by atoms with Crippen LogP contribution in [0.3, 0.4) is 0 Å². The SMILES string of the molecule is O=C(Nc1nc2c(s1)CNCC2)c1ccccc1[N+](=O)[O-]. The van der Waals surface area contributed by atoms with Crippen LogP contribution in [-0.4, -0.2) is 22.4 Å². The summed E-state index contributed by atoms with van der Waals surface area (Å²) in [6.45, 7) is 1.61. The maximum Gasteiger partial charge on any atom is 0.282 e. The zero-order valence-electron chi connectivity index (χ0n) is 11.0. The van der Waals surface area contributed by atoms with Crippen LogP contribution in [0.25, 0.3) is 0 Å². The first-order valence-electron chi connectivity index (χ1n) is 6.39. The quantitative estimate of drug-likeness (QED) is 0.667. The minimum atomic E-state index is -0.564. The highest BCUT2D eigenvalue weighted by Gasteiger charge is 2.21. The highest BCUT2D eigenvalue weighted by Crippen LogP contribution is 2.26. The lowest BCUT2D eigenvalue weighted by molar-refractivity contribution is -0.385. The number of para-hydroxylation sites is 1. The first-order chi connectivity index (χ1) is 10.1. The maximum atomic E-state index is 12.2. The monoisotopic (exact) mass is 304 g/mol. The second-order valence-electron chi connectivity index (χ2n) is 4.54. The van der Waals surface area contributed by atoms with Gasteiger partial charge in [-0.1, -0.05) is 12.1 Å². The van der Waals surface area contributed by atoms with E-state index in [-0.39, 0.29) is 11.3 Å². The molecule has 21 heavy (non-hydrogen) atoms. The Bertz CT molecular complexity index is 690. The Morgan fingerprint density at radius 1 is 1.43 bits per heavy atom. The van der Waals surface area contributed by atoms with E-state index in [1.807, 2.05) is 0 Å². The molecule has 2 aromatic rings. The molecule has 0 radical (unpaired) electrons. The number of amides is 1. The zero-order chi connectivity index (χ0) is 14.8. The van der Waals surface area contributed by atoms with E-state index in [9.17, 15) is 14.9 Å². The van der Waals surface area contributed by atoms with Gasteiger partial charge in [0.1, 0.15) is 5.56 Å². The van der Waals surface area contributed by atoms with Crippen LogP contribution in [0.15, 0.2) is 24.3 Å². The second kappa shape index (κ2) is 5.58. The van der Waals surface area contributed by atoms with Crippen LogP contribution in [-0.2, 0) is 13.0 Å². The average Bonchev–Trinajstić information content (AvgIpc) is 2.89. The summed E-state index contributed by atoms with van der Waals surface area (Å²) in [6, 6.07) is 5.87. The number of fused-ring (bicyclic) bond motifs is 1. The molecule has 7 nitrogen and oxygen atoms in total. The first-order valence-corrected chi connectivity index (χ1v) is 7.21. The fourth-order valence-electron chi connectivity index (χ4n) is 2.17. The molecule has 108 valence electrons. The van der Waals surface area contributed by atoms with Gasteiger partial charge in [0.2, 0.25) is 0 Å². The number of hydrogen-bond donors (Lipinski definition) is 2. The predicted octanol–water partition coefficient (Wildman–Crippen LogP) is 1.95. The molecule has 2 N–H and O–H groups in total. The lowest BCUT2D eigenvalue weighted by atomic mass is 10.1. The molecule has 0 fully saturated rings. The lowest BCUT2D eigenvalue weighted by Crippen LogP contribution is -2.22. The Morgan fingerprint density at radius 3 is 3.00 bits per heavy atom. The van der Waals surface area contributed by atoms with Crippen LogP contribution >= 0.6 is 11.3 Å². The molecule has 1 aliphatic rings. The number of nitrogens with zero attached hydrogens (tertiary/aromatic N) is 2. The predicted molar refractivity (Wildman–Crippen MR) is 78.6 cm³/mol. The molecule has 0 saturated carbocycles. The van der Waals surface area contributed by atoms with E-state index in [2.05, 4.69) is 15.6 Å². The fourth-order valence-corrected chi connectivity index (χ4v) is 3.14. The summed E-state index contributed by atoms with van der Waals surface area (Å²) < 4.78 is 0. The molecule has 0 spiro atoms. The Balaban J connectivity index is 1.83. The van der Waals surface area contributed by atoms with Crippen LogP contribution < -0.4 is 10.6 Å². The van der Waals surface area contributed by atoms with Crippen LogP contribution in [0.1, 0.15) is 20.9 Å². The van der Waals surface area contributed by atoms with E-state index in [0.717, 1.165) is 30.1 Å². The van der Waals surface area contributed by atoms with Gasteiger partial charge in [-0.2, -0.15) is 0 Å². The van der Waals surface area contributed by atoms with Crippen molar-refractivity contribution in [3.05, 3.63) is 50.5 Å². The smallest absolute Gasteiger partial charge is 0.282 e. The number of thiazole rings is 1. The number of nitro benzene ring substituents is 1. The fraction of sp³-hybridized carbons (Fsp3) is 0.231. The van der Waals surface area contributed by atoms with Crippen LogP contribution in [0.4, 0.5) is 10.8 Å². The summed E-state index contributed by atoms with van der Waals surface area (Å²) in [6.07, 6.45) is 0.827. The standard InChI is InChI=1S/C13H12N4O3S/c18-12(8-3-1-2-4-10(8)17(19)20)16-13-15-9-5-6-14-7-11(9)21-13/h1-4,14H,5-7H2,(H,15,16,18). The number of nitro groups is 1. The van der Waals surface area contributed by atoms with Crippen molar-refractivity contribution in [2.75, 3.05) is 11.9 Å². The van der Waals surface area contributed by atoms with Crippen molar-refractivity contribution < 1.29 is 9.72 Å². The zero-order valence-corrected chi connectivity index (χ0v) is 11.8. The topological polar surface area (TPSA) is 97.2 Å². The largest absolute Gasteiger partial charge is 0.311 e. The number of hydrogen-bond acceptors (Lipinski definition) is 6. The van der Waals surface area contributed by atoms with Gasteiger partial charge in [0.25, 0.3) is 11.6 Å². The van der Waals surface area contributed by atoms with Crippen LogP contribution in [0, 0.1) is 10.1 Å². The summed E-state index contributed by atoms with van der Waals surface area (Å²) in [4.78, 5) is 28.0. The van der Waals surface area contributed by atoms with Gasteiger partial charge in [-0.15, -0.1) is 11.3 Å². The number of aromatic nitrogens is 1. The van der Waals surface area contributed by atoms with Gasteiger partial charge in [0, 0.05) is 30.5 Å². The maximum absolute atomic E-state index is 12.2. The Hall–Kier alpha value is -2.32. The number of carbonyl (C=O) groups is 1. The molecule has 0 aliphatic carbocycles. The van der Waals surface area contributed by atoms with Gasteiger partial charge >= 0.3 is 0 Å². The summed E-state index contributed by atoms with van der Waals surface area (Å²) in [5.41, 5.74) is 0.809. The highest BCUT2D eigenvalue weighted by atomic mass is 32.1. The first kappa shape index (κ1) is 13.7. The third-order valence-corrected chi connectivity index (χ3v) is 4.18. The molecule has 1 amide bonds. The molecule has 0 bridgehead atoms. The number of carbonyl (C=O) groups excluding carboxylic acids is 1. The van der Waals surface area contributed by atoms with E-state index >= 15 is 0 Å². The summed E-state index contributed by atoms with van der Waals surface area (Å²) in [7, 11) is 0. The normalized spacial score (nSPS) is 13.5. The van der Waals surface area contributed by atoms with E-state index in [1.165, 1.54) is 29.5 Å². The molecule has 3 rings (SSSR count). The number of benzene rings is 1. The van der Waals surface area contributed by atoms with Gasteiger partial charge in [0.05, 0.1) is 10.6 Å². The molecule has 8 heteroatoms.